The molecule has 1 saturated heterocycles. The van der Waals surface area contributed by atoms with Gasteiger partial charge in [0, 0.05) is 44.0 Å². The molecule has 1 heterocycles. The van der Waals surface area contributed by atoms with Crippen LogP contribution in [0.25, 0.3) is 0 Å². The Morgan fingerprint density at radius 2 is 1.96 bits per heavy atom. The fourth-order valence-electron chi connectivity index (χ4n) is 3.24. The van der Waals surface area contributed by atoms with Crippen LogP contribution in [0.15, 0.2) is 54.6 Å². The highest BCUT2D eigenvalue weighted by molar-refractivity contribution is 5.90. The molecule has 2 aromatic rings. The maximum absolute atomic E-state index is 12.3. The molecule has 0 bridgehead atoms. The molecular formula is C22H29N3O3. The molecule has 1 aliphatic rings. The average Bonchev–Trinajstić information content (AvgIpc) is 2.73. The zero-order valence-electron chi connectivity index (χ0n) is 16.4. The second-order valence-electron chi connectivity index (χ2n) is 6.84. The highest BCUT2D eigenvalue weighted by Gasteiger charge is 2.21. The van der Waals surface area contributed by atoms with E-state index in [1.165, 1.54) is 5.56 Å². The van der Waals surface area contributed by atoms with E-state index in [-0.39, 0.29) is 12.1 Å². The van der Waals surface area contributed by atoms with Crippen molar-refractivity contribution >= 4 is 11.7 Å². The van der Waals surface area contributed by atoms with Crippen LogP contribution in [-0.2, 0) is 22.6 Å². The maximum Gasteiger partial charge on any atom is 0.319 e. The topological polar surface area (TPSA) is 62.8 Å². The Morgan fingerprint density at radius 3 is 2.79 bits per heavy atom. The molecule has 1 aliphatic heterocycles. The summed E-state index contributed by atoms with van der Waals surface area (Å²) in [5, 5.41) is 5.84. The summed E-state index contributed by atoms with van der Waals surface area (Å²) in [6, 6.07) is 17.9. The zero-order valence-corrected chi connectivity index (χ0v) is 16.4. The molecule has 1 atom stereocenters. The lowest BCUT2D eigenvalue weighted by molar-refractivity contribution is -0.0285. The molecule has 3 rings (SSSR count). The van der Waals surface area contributed by atoms with Crippen molar-refractivity contribution in [2.45, 2.75) is 26.2 Å². The van der Waals surface area contributed by atoms with Crippen LogP contribution >= 0.6 is 0 Å². The number of carbonyl (C=O) groups excluding carboxylic acids is 1. The number of rotatable bonds is 8. The quantitative estimate of drug-likeness (QED) is 0.735. The lowest BCUT2D eigenvalue weighted by Gasteiger charge is -2.33. The second-order valence-corrected chi connectivity index (χ2v) is 6.84. The van der Waals surface area contributed by atoms with Crippen molar-refractivity contribution < 1.29 is 14.3 Å². The Morgan fingerprint density at radius 1 is 1.18 bits per heavy atom. The third-order valence-corrected chi connectivity index (χ3v) is 4.69. The monoisotopic (exact) mass is 383 g/mol. The predicted octanol–water partition coefficient (Wildman–Crippen LogP) is 3.25. The van der Waals surface area contributed by atoms with Crippen LogP contribution in [0.5, 0.6) is 0 Å². The van der Waals surface area contributed by atoms with E-state index in [1.54, 1.807) is 0 Å². The summed E-state index contributed by atoms with van der Waals surface area (Å²) in [6.07, 6.45) is -0.0121. The number of benzene rings is 2. The van der Waals surface area contributed by atoms with Crippen molar-refractivity contribution in [3.8, 4) is 0 Å². The van der Waals surface area contributed by atoms with Gasteiger partial charge in [-0.25, -0.2) is 4.79 Å². The third-order valence-electron chi connectivity index (χ3n) is 4.69. The molecule has 0 saturated carbocycles. The van der Waals surface area contributed by atoms with Gasteiger partial charge in [-0.1, -0.05) is 48.5 Å². The van der Waals surface area contributed by atoms with Crippen LogP contribution in [-0.4, -0.2) is 49.9 Å². The molecule has 1 fully saturated rings. The maximum atomic E-state index is 12.3. The van der Waals surface area contributed by atoms with Crippen LogP contribution in [0.2, 0.25) is 0 Å². The highest BCUT2D eigenvalue weighted by atomic mass is 16.5. The summed E-state index contributed by atoms with van der Waals surface area (Å²) in [5.74, 6) is 0. The van der Waals surface area contributed by atoms with Gasteiger partial charge in [0.25, 0.3) is 0 Å². The minimum absolute atomic E-state index is 0.0121. The van der Waals surface area contributed by atoms with Crippen LogP contribution in [0.1, 0.15) is 18.1 Å². The van der Waals surface area contributed by atoms with E-state index in [0.29, 0.717) is 26.4 Å². The summed E-state index contributed by atoms with van der Waals surface area (Å²) in [4.78, 5) is 14.7. The van der Waals surface area contributed by atoms with Gasteiger partial charge < -0.3 is 20.1 Å². The number of carbonyl (C=O) groups is 1. The van der Waals surface area contributed by atoms with Crippen LogP contribution in [0.4, 0.5) is 10.5 Å². The molecule has 1 unspecified atom stereocenters. The molecule has 150 valence electrons. The zero-order chi connectivity index (χ0) is 19.6. The Hall–Kier alpha value is -2.41. The normalized spacial score (nSPS) is 17.2. The van der Waals surface area contributed by atoms with Crippen molar-refractivity contribution in [1.82, 2.24) is 10.2 Å². The van der Waals surface area contributed by atoms with Crippen molar-refractivity contribution in [1.29, 1.82) is 0 Å². The standard InChI is InChI=1S/C22H29N3O3/c1-2-27-17-19-10-6-7-11-21(19)24-22(26)23-14-20-16-25(12-13-28-20)15-18-8-4-3-5-9-18/h3-11,20H,2,12-17H2,1H3,(H2,23,24,26). The van der Waals surface area contributed by atoms with E-state index < -0.39 is 0 Å². The largest absolute Gasteiger partial charge is 0.377 e. The average molecular weight is 383 g/mol. The molecule has 28 heavy (non-hydrogen) atoms. The van der Waals surface area contributed by atoms with Gasteiger partial charge in [0.15, 0.2) is 0 Å². The third kappa shape index (κ3) is 6.34. The molecule has 0 aromatic heterocycles. The molecule has 6 nitrogen and oxygen atoms in total. The van der Waals surface area contributed by atoms with Gasteiger partial charge in [-0.05, 0) is 18.6 Å². The molecular weight excluding hydrogens is 354 g/mol. The Bertz CT molecular complexity index is 739. The van der Waals surface area contributed by atoms with Crippen LogP contribution in [0.3, 0.4) is 0 Å². The van der Waals surface area contributed by atoms with Gasteiger partial charge in [-0.15, -0.1) is 0 Å². The number of hydrogen-bond acceptors (Lipinski definition) is 4. The van der Waals surface area contributed by atoms with Gasteiger partial charge in [-0.2, -0.15) is 0 Å². The van der Waals surface area contributed by atoms with Crippen LogP contribution < -0.4 is 10.6 Å². The Labute approximate surface area is 166 Å². The first kappa shape index (κ1) is 20.3. The van der Waals surface area contributed by atoms with Crippen molar-refractivity contribution in [2.24, 2.45) is 0 Å². The fraction of sp³-hybridized carbons (Fsp3) is 0.409. The van der Waals surface area contributed by atoms with E-state index >= 15 is 0 Å². The summed E-state index contributed by atoms with van der Waals surface area (Å²) in [6.45, 7) is 6.83. The number of ether oxygens (including phenoxy) is 2. The van der Waals surface area contributed by atoms with E-state index in [1.807, 2.05) is 37.3 Å². The number of nitrogens with zero attached hydrogens (tertiary/aromatic N) is 1. The minimum atomic E-state index is -0.229. The number of hydrogen-bond donors (Lipinski definition) is 2. The van der Waals surface area contributed by atoms with Crippen LogP contribution in [0, 0.1) is 0 Å². The fourth-order valence-corrected chi connectivity index (χ4v) is 3.24. The Kier molecular flexibility index (Phi) is 7.84. The lowest BCUT2D eigenvalue weighted by atomic mass is 10.2. The second kappa shape index (κ2) is 10.8. The first-order valence-corrected chi connectivity index (χ1v) is 9.83. The van der Waals surface area contributed by atoms with Crippen molar-refractivity contribution in [3.05, 3.63) is 65.7 Å². The highest BCUT2D eigenvalue weighted by Crippen LogP contribution is 2.16. The minimum Gasteiger partial charge on any atom is -0.377 e. The molecule has 0 spiro atoms. The number of urea groups is 1. The molecule has 2 amide bonds. The van der Waals surface area contributed by atoms with E-state index in [4.69, 9.17) is 9.47 Å². The first-order valence-electron chi connectivity index (χ1n) is 9.83. The van der Waals surface area contributed by atoms with E-state index in [9.17, 15) is 4.79 Å². The summed E-state index contributed by atoms with van der Waals surface area (Å²) >= 11 is 0. The number of nitrogens with one attached hydrogen (secondary N) is 2. The van der Waals surface area contributed by atoms with Gasteiger partial charge in [0.2, 0.25) is 0 Å². The van der Waals surface area contributed by atoms with Crippen molar-refractivity contribution in [3.63, 3.8) is 0 Å². The SMILES string of the molecule is CCOCc1ccccc1NC(=O)NCC1CN(Cc2ccccc2)CCO1. The number of para-hydroxylation sites is 1. The Balaban J connectivity index is 1.45. The smallest absolute Gasteiger partial charge is 0.319 e. The number of morpholine rings is 1. The molecule has 2 N–H and O–H groups in total. The van der Waals surface area contributed by atoms with E-state index in [2.05, 4.69) is 39.8 Å². The number of anilines is 1. The van der Waals surface area contributed by atoms with Gasteiger partial charge in [0.05, 0.1) is 19.3 Å². The summed E-state index contributed by atoms with van der Waals surface area (Å²) in [7, 11) is 0. The first-order chi connectivity index (χ1) is 13.7. The molecule has 0 radical (unpaired) electrons. The molecule has 0 aliphatic carbocycles. The van der Waals surface area contributed by atoms with Gasteiger partial charge in [-0.3, -0.25) is 4.90 Å². The lowest BCUT2D eigenvalue weighted by Crippen LogP contribution is -2.47. The summed E-state index contributed by atoms with van der Waals surface area (Å²) in [5.41, 5.74) is 3.02. The molecule has 6 heteroatoms. The van der Waals surface area contributed by atoms with Gasteiger partial charge >= 0.3 is 6.03 Å². The molecule has 2 aromatic carbocycles. The van der Waals surface area contributed by atoms with E-state index in [0.717, 1.165) is 30.9 Å². The van der Waals surface area contributed by atoms with Crippen molar-refractivity contribution in [2.75, 3.05) is 38.2 Å². The van der Waals surface area contributed by atoms with Gasteiger partial charge in [0.1, 0.15) is 0 Å². The predicted molar refractivity (Wildman–Crippen MR) is 110 cm³/mol. The number of amides is 2. The summed E-state index contributed by atoms with van der Waals surface area (Å²) < 4.78 is 11.3.